The molecule has 2 heterocycles. The predicted molar refractivity (Wildman–Crippen MR) is 162 cm³/mol. The minimum Gasteiger partial charge on any atom is -0.316 e. The maximum absolute atomic E-state index is 3.77. The quantitative estimate of drug-likeness (QED) is 0.291. The van der Waals surface area contributed by atoms with Crippen molar-refractivity contribution in [3.8, 4) is 0 Å². The first-order valence-electron chi connectivity index (χ1n) is 13.8. The van der Waals surface area contributed by atoms with E-state index >= 15 is 0 Å². The van der Waals surface area contributed by atoms with Crippen LogP contribution >= 0.6 is 15.8 Å². The third kappa shape index (κ3) is 7.86. The molecule has 194 valence electrons. The molecule has 5 heteroatoms. The van der Waals surface area contributed by atoms with Gasteiger partial charge in [-0.05, 0) is 83.9 Å². The SMILES string of the molecule is CC(C)(C)P(Cc1ccc([Si](C)(C)C)cc1CP(C1CCCNC1)C1CCCNC1)C(C)(C)C. The maximum Gasteiger partial charge on any atom is 0.0776 e. The van der Waals surface area contributed by atoms with Crippen molar-refractivity contribution in [1.82, 2.24) is 10.6 Å². The maximum atomic E-state index is 3.77. The van der Waals surface area contributed by atoms with Crippen LogP contribution in [0.2, 0.25) is 19.6 Å². The van der Waals surface area contributed by atoms with Crippen molar-refractivity contribution in [2.45, 2.75) is 121 Å². The first-order chi connectivity index (χ1) is 15.8. The second-order valence-electron chi connectivity index (χ2n) is 13.8. The molecule has 0 amide bonds. The zero-order chi connectivity index (χ0) is 25.1. The van der Waals surface area contributed by atoms with Gasteiger partial charge in [-0.25, -0.2) is 0 Å². The van der Waals surface area contributed by atoms with Crippen molar-refractivity contribution < 1.29 is 0 Å². The fraction of sp³-hybridized carbons (Fsp3) is 0.793. The first-order valence-corrected chi connectivity index (χ1v) is 20.5. The van der Waals surface area contributed by atoms with E-state index in [9.17, 15) is 0 Å². The van der Waals surface area contributed by atoms with Crippen molar-refractivity contribution in [1.29, 1.82) is 0 Å². The molecule has 1 aromatic rings. The van der Waals surface area contributed by atoms with Gasteiger partial charge in [0.15, 0.2) is 0 Å². The Morgan fingerprint density at radius 3 is 1.74 bits per heavy atom. The second kappa shape index (κ2) is 11.7. The molecule has 2 atom stereocenters. The summed E-state index contributed by atoms with van der Waals surface area (Å²) in [5.74, 6) is 0. The molecule has 2 aliphatic rings. The third-order valence-electron chi connectivity index (χ3n) is 7.85. The summed E-state index contributed by atoms with van der Waals surface area (Å²) in [6.45, 7) is 27.4. The number of rotatable bonds is 7. The van der Waals surface area contributed by atoms with E-state index < -0.39 is 8.07 Å². The fourth-order valence-electron chi connectivity index (χ4n) is 6.03. The van der Waals surface area contributed by atoms with Crippen LogP contribution in [-0.4, -0.2) is 55.9 Å². The number of hydrogen-bond acceptors (Lipinski definition) is 2. The van der Waals surface area contributed by atoms with Gasteiger partial charge in [0.2, 0.25) is 0 Å². The molecule has 2 fully saturated rings. The molecule has 2 N–H and O–H groups in total. The average molecular weight is 521 g/mol. The lowest BCUT2D eigenvalue weighted by atomic mass is 10.1. The molecular formula is C29H54N2P2Si. The summed E-state index contributed by atoms with van der Waals surface area (Å²) in [6.07, 6.45) is 8.23. The Labute approximate surface area is 215 Å². The lowest BCUT2D eigenvalue weighted by Gasteiger charge is -2.43. The summed E-state index contributed by atoms with van der Waals surface area (Å²) in [7, 11) is -1.50. The molecule has 0 saturated carbocycles. The van der Waals surface area contributed by atoms with Crippen molar-refractivity contribution in [2.24, 2.45) is 0 Å². The molecule has 34 heavy (non-hydrogen) atoms. The van der Waals surface area contributed by atoms with Crippen molar-refractivity contribution in [3.63, 3.8) is 0 Å². The highest BCUT2D eigenvalue weighted by Gasteiger charge is 2.36. The zero-order valence-corrected chi connectivity index (χ0v) is 26.6. The molecular weight excluding hydrogens is 466 g/mol. The molecule has 1 aromatic carbocycles. The van der Waals surface area contributed by atoms with E-state index in [4.69, 9.17) is 0 Å². The number of nitrogens with one attached hydrogen (secondary N) is 2. The molecule has 0 spiro atoms. The lowest BCUT2D eigenvalue weighted by Crippen LogP contribution is -2.40. The molecule has 3 rings (SSSR count). The van der Waals surface area contributed by atoms with Gasteiger partial charge in [-0.3, -0.25) is 0 Å². The molecule has 0 aromatic heterocycles. The van der Waals surface area contributed by atoms with Crippen LogP contribution in [-0.2, 0) is 12.3 Å². The highest BCUT2D eigenvalue weighted by molar-refractivity contribution is 7.60. The summed E-state index contributed by atoms with van der Waals surface area (Å²) in [5, 5.41) is 9.93. The molecule has 2 nitrogen and oxygen atoms in total. The van der Waals surface area contributed by atoms with Crippen molar-refractivity contribution in [3.05, 3.63) is 29.3 Å². The van der Waals surface area contributed by atoms with Gasteiger partial charge in [-0.2, -0.15) is 0 Å². The van der Waals surface area contributed by atoms with E-state index in [1.165, 1.54) is 64.2 Å². The smallest absolute Gasteiger partial charge is 0.0776 e. The van der Waals surface area contributed by atoms with Crippen LogP contribution < -0.4 is 15.8 Å². The van der Waals surface area contributed by atoms with Crippen LogP contribution in [0, 0.1) is 0 Å². The second-order valence-corrected chi connectivity index (χ2v) is 25.6. The first kappa shape index (κ1) is 28.8. The Bertz CT molecular complexity index is 747. The molecule has 2 saturated heterocycles. The minimum absolute atomic E-state index is 0.0213. The third-order valence-corrected chi connectivity index (χ3v) is 17.3. The van der Waals surface area contributed by atoms with Gasteiger partial charge in [0, 0.05) is 13.1 Å². The Balaban J connectivity index is 1.99. The zero-order valence-electron chi connectivity index (χ0n) is 23.9. The molecule has 2 aliphatic heterocycles. The van der Waals surface area contributed by atoms with Crippen molar-refractivity contribution >= 4 is 29.1 Å². The van der Waals surface area contributed by atoms with Crippen LogP contribution in [0.4, 0.5) is 0 Å². The molecule has 2 unspecified atom stereocenters. The highest BCUT2D eigenvalue weighted by Crippen LogP contribution is 2.62. The van der Waals surface area contributed by atoms with Gasteiger partial charge in [0.25, 0.3) is 0 Å². The van der Waals surface area contributed by atoms with E-state index in [-0.39, 0.29) is 15.8 Å². The average Bonchev–Trinajstić information content (AvgIpc) is 2.75. The molecule has 0 bridgehead atoms. The van der Waals surface area contributed by atoms with E-state index in [0.29, 0.717) is 10.3 Å². The summed E-state index contributed by atoms with van der Waals surface area (Å²) < 4.78 is 0. The highest BCUT2D eigenvalue weighted by atomic mass is 31.1. The van der Waals surface area contributed by atoms with Crippen LogP contribution in [0.3, 0.4) is 0 Å². The van der Waals surface area contributed by atoms with E-state index in [1.54, 1.807) is 16.3 Å². The summed E-state index contributed by atoms with van der Waals surface area (Å²) in [4.78, 5) is 0. The monoisotopic (exact) mass is 520 g/mol. The van der Waals surface area contributed by atoms with Gasteiger partial charge in [0.1, 0.15) is 0 Å². The number of piperidine rings is 2. The van der Waals surface area contributed by atoms with Crippen LogP contribution in [0.25, 0.3) is 0 Å². The predicted octanol–water partition coefficient (Wildman–Crippen LogP) is 7.30. The summed E-state index contributed by atoms with van der Waals surface area (Å²) in [6, 6.07) is 7.78. The minimum atomic E-state index is -1.34. The van der Waals surface area contributed by atoms with Gasteiger partial charge in [-0.1, -0.05) is 100 Å². The largest absolute Gasteiger partial charge is 0.316 e. The fourth-order valence-corrected chi connectivity index (χ4v) is 14.4. The van der Waals surface area contributed by atoms with Gasteiger partial charge in [-0.15, -0.1) is 0 Å². The van der Waals surface area contributed by atoms with Gasteiger partial charge < -0.3 is 10.6 Å². The van der Waals surface area contributed by atoms with Crippen molar-refractivity contribution in [2.75, 3.05) is 26.2 Å². The summed E-state index contributed by atoms with van der Waals surface area (Å²) >= 11 is 0. The van der Waals surface area contributed by atoms with Crippen LogP contribution in [0.1, 0.15) is 78.4 Å². The van der Waals surface area contributed by atoms with Gasteiger partial charge >= 0.3 is 0 Å². The summed E-state index contributed by atoms with van der Waals surface area (Å²) in [5.41, 5.74) is 5.19. The van der Waals surface area contributed by atoms with Crippen LogP contribution in [0.5, 0.6) is 0 Å². The van der Waals surface area contributed by atoms with Crippen LogP contribution in [0.15, 0.2) is 18.2 Å². The lowest BCUT2D eigenvalue weighted by molar-refractivity contribution is 0.500. The Kier molecular flexibility index (Phi) is 9.93. The topological polar surface area (TPSA) is 24.1 Å². The van der Waals surface area contributed by atoms with Gasteiger partial charge in [0.05, 0.1) is 8.07 Å². The normalized spacial score (nSPS) is 23.8. The number of hydrogen-bond donors (Lipinski definition) is 2. The molecule has 0 radical (unpaired) electrons. The van der Waals surface area contributed by atoms with E-state index in [2.05, 4.69) is 90.0 Å². The van der Waals surface area contributed by atoms with E-state index in [1.807, 2.05) is 0 Å². The standard InChI is InChI=1S/C29H54N2P2Si/c1-28(2,3)33(29(4,5)6)22-23-14-15-27(34(7,8)9)18-24(23)21-32(25-12-10-16-30-19-25)26-13-11-17-31-20-26/h14-15,18,25-26,30-31H,10-13,16-17,19-22H2,1-9H3. The van der Waals surface area contributed by atoms with E-state index in [0.717, 1.165) is 11.3 Å². The number of benzene rings is 1. The Hall–Kier alpha value is 0.217. The Morgan fingerprint density at radius 2 is 1.32 bits per heavy atom. The molecule has 0 aliphatic carbocycles. The Morgan fingerprint density at radius 1 is 0.794 bits per heavy atom.